The van der Waals surface area contributed by atoms with Crippen molar-refractivity contribution in [3.8, 4) is 28.6 Å². The van der Waals surface area contributed by atoms with E-state index in [4.69, 9.17) is 19.2 Å². The van der Waals surface area contributed by atoms with Crippen molar-refractivity contribution < 1.29 is 14.2 Å². The molecule has 0 saturated heterocycles. The van der Waals surface area contributed by atoms with Crippen molar-refractivity contribution in [2.75, 3.05) is 21.3 Å². The van der Waals surface area contributed by atoms with Crippen LogP contribution in [0.5, 0.6) is 17.2 Å². The van der Waals surface area contributed by atoms with Gasteiger partial charge in [-0.1, -0.05) is 31.4 Å². The second-order valence-corrected chi connectivity index (χ2v) is 9.45. The molecule has 2 heterocycles. The summed E-state index contributed by atoms with van der Waals surface area (Å²) in [5.41, 5.74) is 0.127. The smallest absolute Gasteiger partial charge is 0.266 e. The highest BCUT2D eigenvalue weighted by Crippen LogP contribution is 2.42. The molecule has 0 aliphatic heterocycles. The van der Waals surface area contributed by atoms with E-state index in [-0.39, 0.29) is 22.4 Å². The lowest BCUT2D eigenvalue weighted by molar-refractivity contribution is 0.324. The predicted molar refractivity (Wildman–Crippen MR) is 135 cm³/mol. The van der Waals surface area contributed by atoms with Crippen molar-refractivity contribution in [1.82, 2.24) is 9.55 Å². The fraction of sp³-hybridized carbons (Fsp3) is 0.346. The van der Waals surface area contributed by atoms with E-state index < -0.39 is 0 Å². The van der Waals surface area contributed by atoms with Crippen molar-refractivity contribution in [3.63, 3.8) is 0 Å². The van der Waals surface area contributed by atoms with Crippen LogP contribution in [-0.2, 0) is 0 Å². The maximum absolute atomic E-state index is 14.0. The van der Waals surface area contributed by atoms with Gasteiger partial charge in [0.05, 0.1) is 21.3 Å². The lowest BCUT2D eigenvalue weighted by atomic mass is 9.94. The van der Waals surface area contributed by atoms with Crippen molar-refractivity contribution in [2.45, 2.75) is 38.1 Å². The summed E-state index contributed by atoms with van der Waals surface area (Å²) >= 11 is 1.36. The molecular weight excluding hydrogens is 452 g/mol. The number of benzene rings is 2. The third-order valence-corrected chi connectivity index (χ3v) is 7.57. The Hall–Kier alpha value is -3.39. The molecule has 0 N–H and O–H groups in total. The largest absolute Gasteiger partial charge is 0.493 e. The van der Waals surface area contributed by atoms with Crippen LogP contribution in [0.2, 0.25) is 0 Å². The Morgan fingerprint density at radius 1 is 0.941 bits per heavy atom. The zero-order valence-corrected chi connectivity index (χ0v) is 20.2. The molecule has 1 aliphatic rings. The monoisotopic (exact) mass is 478 g/mol. The van der Waals surface area contributed by atoms with E-state index in [1.165, 1.54) is 11.3 Å². The van der Waals surface area contributed by atoms with Gasteiger partial charge >= 0.3 is 0 Å². The third kappa shape index (κ3) is 3.62. The Kier molecular flexibility index (Phi) is 6.00. The molecule has 1 aliphatic carbocycles. The maximum Gasteiger partial charge on any atom is 0.266 e. The van der Waals surface area contributed by atoms with E-state index in [9.17, 15) is 9.59 Å². The van der Waals surface area contributed by atoms with E-state index >= 15 is 0 Å². The molecule has 8 heteroatoms. The Balaban J connectivity index is 1.88. The molecule has 7 nitrogen and oxygen atoms in total. The summed E-state index contributed by atoms with van der Waals surface area (Å²) in [5, 5.41) is 0.708. The van der Waals surface area contributed by atoms with Gasteiger partial charge in [-0.25, -0.2) is 4.98 Å². The Labute approximate surface area is 200 Å². The Bertz CT molecular complexity index is 1480. The van der Waals surface area contributed by atoms with Crippen molar-refractivity contribution in [3.05, 3.63) is 57.0 Å². The summed E-state index contributed by atoms with van der Waals surface area (Å²) in [6, 6.07) is 10.9. The van der Waals surface area contributed by atoms with Crippen LogP contribution >= 0.6 is 11.3 Å². The van der Waals surface area contributed by atoms with Gasteiger partial charge in [0.15, 0.2) is 11.5 Å². The van der Waals surface area contributed by atoms with Gasteiger partial charge in [0.1, 0.15) is 16.0 Å². The first kappa shape index (κ1) is 22.4. The van der Waals surface area contributed by atoms with Crippen molar-refractivity contribution in [2.24, 2.45) is 0 Å². The highest BCUT2D eigenvalue weighted by molar-refractivity contribution is 7.24. The van der Waals surface area contributed by atoms with Gasteiger partial charge in [-0.3, -0.25) is 14.2 Å². The molecule has 0 atom stereocenters. The van der Waals surface area contributed by atoms with Crippen molar-refractivity contribution >= 4 is 31.6 Å². The Morgan fingerprint density at radius 2 is 1.62 bits per heavy atom. The van der Waals surface area contributed by atoms with Gasteiger partial charge in [0.2, 0.25) is 11.2 Å². The number of nitrogens with zero attached hydrogens (tertiary/aromatic N) is 2. The molecule has 5 rings (SSSR count). The zero-order chi connectivity index (χ0) is 23.8. The minimum absolute atomic E-state index is 0.0249. The average Bonchev–Trinajstić information content (AvgIpc) is 2.88. The highest BCUT2D eigenvalue weighted by atomic mass is 32.1. The number of fused-ring (bicyclic) bond motifs is 2. The van der Waals surface area contributed by atoms with Crippen LogP contribution in [0.1, 0.15) is 38.1 Å². The Morgan fingerprint density at radius 3 is 2.26 bits per heavy atom. The summed E-state index contributed by atoms with van der Waals surface area (Å²) in [7, 11) is 4.66. The fourth-order valence-electron chi connectivity index (χ4n) is 4.86. The maximum atomic E-state index is 14.0. The molecule has 0 amide bonds. The van der Waals surface area contributed by atoms with Gasteiger partial charge in [0, 0.05) is 21.7 Å². The molecule has 0 bridgehead atoms. The molecule has 0 unspecified atom stereocenters. The van der Waals surface area contributed by atoms with Crippen molar-refractivity contribution in [1.29, 1.82) is 0 Å². The SMILES string of the molecule is COc1cc(-c2nc3sc4ccccc4c(=O)c3c(=O)n2C2CCCCC2)cc(OC)c1OC. The van der Waals surface area contributed by atoms with E-state index in [0.29, 0.717) is 38.9 Å². The minimum atomic E-state index is -0.285. The van der Waals surface area contributed by atoms with Gasteiger partial charge < -0.3 is 14.2 Å². The first-order valence-corrected chi connectivity index (χ1v) is 12.2. The molecule has 0 radical (unpaired) electrons. The molecule has 4 aromatic rings. The van der Waals surface area contributed by atoms with Gasteiger partial charge in [0.25, 0.3) is 5.56 Å². The quantitative estimate of drug-likeness (QED) is 0.368. The molecule has 34 heavy (non-hydrogen) atoms. The second kappa shape index (κ2) is 9.10. The summed E-state index contributed by atoms with van der Waals surface area (Å²) in [5.74, 6) is 1.94. The molecule has 1 fully saturated rings. The highest BCUT2D eigenvalue weighted by Gasteiger charge is 2.26. The third-order valence-electron chi connectivity index (χ3n) is 6.51. The zero-order valence-electron chi connectivity index (χ0n) is 19.4. The standard InChI is InChI=1S/C26H26N2O5S/c1-31-18-13-15(14-19(32-2)23(18)33-3)24-27-25-21(22(29)17-11-7-8-12-20(17)34-25)26(30)28(24)16-9-5-4-6-10-16/h7-8,11-14,16H,4-6,9-10H2,1-3H3. The number of hydrogen-bond donors (Lipinski definition) is 0. The summed E-state index contributed by atoms with van der Waals surface area (Å²) in [4.78, 5) is 32.7. The lowest BCUT2D eigenvalue weighted by Crippen LogP contribution is -2.31. The molecular formula is C26H26N2O5S. The summed E-state index contributed by atoms with van der Waals surface area (Å²) in [6.45, 7) is 0. The fourth-order valence-corrected chi connectivity index (χ4v) is 5.90. The van der Waals surface area contributed by atoms with E-state index in [2.05, 4.69) is 0 Å². The second-order valence-electron chi connectivity index (χ2n) is 8.42. The van der Waals surface area contributed by atoms with Crippen LogP contribution in [0.3, 0.4) is 0 Å². The molecule has 2 aromatic heterocycles. The normalized spacial score (nSPS) is 14.4. The first-order chi connectivity index (χ1) is 16.6. The molecule has 0 spiro atoms. The van der Waals surface area contributed by atoms with Gasteiger partial charge in [-0.2, -0.15) is 0 Å². The summed E-state index contributed by atoms with van der Waals surface area (Å²) in [6.07, 6.45) is 4.96. The molecule has 1 saturated carbocycles. The topological polar surface area (TPSA) is 79.7 Å². The number of rotatable bonds is 5. The van der Waals surface area contributed by atoms with Crippen LogP contribution in [0, 0.1) is 0 Å². The number of hydrogen-bond acceptors (Lipinski definition) is 7. The van der Waals surface area contributed by atoms with E-state index in [1.807, 2.05) is 18.2 Å². The van der Waals surface area contributed by atoms with Crippen LogP contribution in [0.25, 0.3) is 31.7 Å². The van der Waals surface area contributed by atoms with E-state index in [1.54, 1.807) is 44.1 Å². The van der Waals surface area contributed by atoms with Crippen LogP contribution in [-0.4, -0.2) is 30.9 Å². The number of ether oxygens (including phenoxy) is 3. The summed E-state index contributed by atoms with van der Waals surface area (Å²) < 4.78 is 19.1. The average molecular weight is 479 g/mol. The number of methoxy groups -OCH3 is 3. The minimum Gasteiger partial charge on any atom is -0.493 e. The van der Waals surface area contributed by atoms with E-state index in [0.717, 1.165) is 36.8 Å². The first-order valence-electron chi connectivity index (χ1n) is 11.4. The number of aromatic nitrogens is 2. The molecule has 2 aromatic carbocycles. The van der Waals surface area contributed by atoms with Gasteiger partial charge in [-0.15, -0.1) is 11.3 Å². The van der Waals surface area contributed by atoms with Gasteiger partial charge in [-0.05, 0) is 37.1 Å². The van der Waals surface area contributed by atoms with Crippen LogP contribution < -0.4 is 25.2 Å². The predicted octanol–water partition coefficient (Wildman–Crippen LogP) is 5.17. The van der Waals surface area contributed by atoms with Crippen LogP contribution in [0.15, 0.2) is 46.0 Å². The lowest BCUT2D eigenvalue weighted by Gasteiger charge is -2.26. The van der Waals surface area contributed by atoms with Crippen LogP contribution in [0.4, 0.5) is 0 Å². The molecule has 176 valence electrons.